The topological polar surface area (TPSA) is 38.7 Å². The van der Waals surface area contributed by atoms with Crippen LogP contribution >= 0.6 is 0 Å². The van der Waals surface area contributed by atoms with Crippen LogP contribution in [0.3, 0.4) is 0 Å². The molecule has 1 fully saturated rings. The highest BCUT2D eigenvalue weighted by molar-refractivity contribution is 6.74. The van der Waals surface area contributed by atoms with E-state index in [0.717, 1.165) is 13.0 Å². The van der Waals surface area contributed by atoms with Gasteiger partial charge in [0.05, 0.1) is 5.60 Å². The molecule has 1 N–H and O–H groups in total. The van der Waals surface area contributed by atoms with Gasteiger partial charge in [0.1, 0.15) is 6.10 Å². The molecule has 18 heavy (non-hydrogen) atoms. The molecular weight excluding hydrogens is 244 g/mol. The average molecular weight is 274 g/mol. The molecule has 1 heterocycles. The molecule has 3 atom stereocenters. The highest BCUT2D eigenvalue weighted by Gasteiger charge is 2.39. The average Bonchev–Trinajstić information content (AvgIpc) is 2.12. The van der Waals surface area contributed by atoms with E-state index in [1.807, 2.05) is 6.92 Å². The molecule has 1 aliphatic heterocycles. The predicted octanol–water partition coefficient (Wildman–Crippen LogP) is 3.18. The van der Waals surface area contributed by atoms with E-state index in [4.69, 9.17) is 9.16 Å². The Morgan fingerprint density at radius 3 is 2.39 bits per heavy atom. The van der Waals surface area contributed by atoms with Crippen molar-refractivity contribution in [3.8, 4) is 0 Å². The van der Waals surface area contributed by atoms with Crippen LogP contribution < -0.4 is 0 Å². The van der Waals surface area contributed by atoms with Gasteiger partial charge in [-0.05, 0) is 27.6 Å². The summed E-state index contributed by atoms with van der Waals surface area (Å²) >= 11 is 0. The van der Waals surface area contributed by atoms with E-state index in [-0.39, 0.29) is 11.1 Å². The smallest absolute Gasteiger partial charge is 0.105 e. The summed E-state index contributed by atoms with van der Waals surface area (Å²) in [7, 11) is -1.76. The van der Waals surface area contributed by atoms with E-state index in [1.54, 1.807) is 0 Å². The molecule has 4 heteroatoms. The van der Waals surface area contributed by atoms with Gasteiger partial charge < -0.3 is 14.3 Å². The second-order valence-corrected chi connectivity index (χ2v) is 12.4. The Kier molecular flexibility index (Phi) is 4.70. The van der Waals surface area contributed by atoms with Crippen LogP contribution in [0, 0.1) is 5.92 Å². The minimum Gasteiger partial charge on any atom is -0.563 e. The Balaban J connectivity index is 2.58. The van der Waals surface area contributed by atoms with Crippen molar-refractivity contribution >= 4 is 8.32 Å². The first kappa shape index (κ1) is 16.2. The summed E-state index contributed by atoms with van der Waals surface area (Å²) in [6.45, 7) is 16.3. The molecule has 0 aromatic rings. The third kappa shape index (κ3) is 3.79. The van der Waals surface area contributed by atoms with Crippen molar-refractivity contribution in [2.45, 2.75) is 70.9 Å². The molecule has 0 aromatic heterocycles. The second kappa shape index (κ2) is 5.23. The number of aliphatic hydroxyl groups is 1. The highest BCUT2D eigenvalue weighted by Crippen LogP contribution is 2.37. The lowest BCUT2D eigenvalue weighted by Gasteiger charge is -2.50. The molecule has 1 aliphatic rings. The van der Waals surface area contributed by atoms with E-state index in [1.165, 1.54) is 0 Å². The molecule has 0 amide bonds. The van der Waals surface area contributed by atoms with Gasteiger partial charge in [-0.2, -0.15) is 0 Å². The first-order chi connectivity index (χ1) is 7.96. The largest absolute Gasteiger partial charge is 0.563 e. The number of rotatable bonds is 3. The van der Waals surface area contributed by atoms with E-state index >= 15 is 0 Å². The minimum absolute atomic E-state index is 0.192. The lowest BCUT2D eigenvalue weighted by atomic mass is 9.86. The van der Waals surface area contributed by atoms with Crippen LogP contribution in [0.15, 0.2) is 0 Å². The maximum Gasteiger partial charge on any atom is 0.105 e. The van der Waals surface area contributed by atoms with Crippen LogP contribution in [0.25, 0.3) is 0 Å². The lowest BCUT2D eigenvalue weighted by Crippen LogP contribution is -2.52. The quantitative estimate of drug-likeness (QED) is 0.803. The summed E-state index contributed by atoms with van der Waals surface area (Å²) in [5.41, 5.74) is -0.764. The van der Waals surface area contributed by atoms with Crippen molar-refractivity contribution in [1.82, 2.24) is 0 Å². The highest BCUT2D eigenvalue weighted by atomic mass is 28.4. The number of hydrogen-bond acceptors (Lipinski definition) is 3. The molecule has 1 rings (SSSR count). The first-order valence-electron chi connectivity index (χ1n) is 6.94. The maximum absolute atomic E-state index is 10.4. The molecule has 0 bridgehead atoms. The summed E-state index contributed by atoms with van der Waals surface area (Å²) in [5.74, 6) is 0.420. The molecule has 109 valence electrons. The summed E-state index contributed by atoms with van der Waals surface area (Å²) in [4.78, 5) is 0. The van der Waals surface area contributed by atoms with Gasteiger partial charge >= 0.3 is 0 Å². The standard InChI is InChI=1S/C14H30O3Si/c1-11-8-14(5,15)12(16-9-11)10-17-18(6,7)13(2,3)4/h11-12,15H,8-10H2,1-7H3/q-1/t11?,12-,14?/m1/s1. The zero-order chi connectivity index (χ0) is 14.2. The molecule has 0 aliphatic carbocycles. The monoisotopic (exact) mass is 274 g/mol. The van der Waals surface area contributed by atoms with Crippen molar-refractivity contribution in [2.24, 2.45) is 5.92 Å². The van der Waals surface area contributed by atoms with E-state index in [2.05, 4.69) is 40.8 Å². The fourth-order valence-corrected chi connectivity index (χ4v) is 3.09. The van der Waals surface area contributed by atoms with Gasteiger partial charge in [0.15, 0.2) is 0 Å². The summed E-state index contributed by atoms with van der Waals surface area (Å²) in [6, 6.07) is 0. The normalized spacial score (nSPS) is 34.7. The Morgan fingerprint density at radius 1 is 1.39 bits per heavy atom. The van der Waals surface area contributed by atoms with Crippen molar-refractivity contribution in [3.05, 3.63) is 0 Å². The van der Waals surface area contributed by atoms with Crippen LogP contribution in [-0.4, -0.2) is 38.3 Å². The number of hydrogen-bond donors (Lipinski definition) is 1. The fraction of sp³-hybridized carbons (Fsp3) is 1.00. The van der Waals surface area contributed by atoms with E-state index in [9.17, 15) is 5.11 Å². The Hall–Kier alpha value is 0.0969. The van der Waals surface area contributed by atoms with Crippen LogP contribution in [-0.2, 0) is 9.16 Å². The van der Waals surface area contributed by atoms with Gasteiger partial charge in [0, 0.05) is 13.2 Å². The van der Waals surface area contributed by atoms with Gasteiger partial charge in [0.2, 0.25) is 0 Å². The minimum atomic E-state index is -1.76. The van der Waals surface area contributed by atoms with Gasteiger partial charge in [-0.1, -0.05) is 27.7 Å². The Morgan fingerprint density at radius 2 is 1.94 bits per heavy atom. The lowest BCUT2D eigenvalue weighted by molar-refractivity contribution is -0.164. The maximum atomic E-state index is 10.4. The Bertz CT molecular complexity index is 281. The SMILES string of the molecule is CC1CO[C@H](CO[Si-](C)(C)C(C)(C)C)C(C)(O)C1. The second-order valence-electron chi connectivity index (χ2n) is 7.56. The third-order valence-corrected chi connectivity index (χ3v) is 8.94. The first-order valence-corrected chi connectivity index (χ1v) is 9.84. The third-order valence-electron chi connectivity index (χ3n) is 4.44. The summed E-state index contributed by atoms with van der Waals surface area (Å²) < 4.78 is 11.9. The van der Waals surface area contributed by atoms with E-state index < -0.39 is 13.9 Å². The van der Waals surface area contributed by atoms with Crippen LogP contribution in [0.2, 0.25) is 18.1 Å². The summed E-state index contributed by atoms with van der Waals surface area (Å²) in [6.07, 6.45) is 0.598. The van der Waals surface area contributed by atoms with E-state index in [0.29, 0.717) is 12.5 Å². The fourth-order valence-electron chi connectivity index (χ4n) is 2.08. The molecule has 0 saturated carbocycles. The van der Waals surface area contributed by atoms with Crippen molar-refractivity contribution in [1.29, 1.82) is 0 Å². The summed E-state index contributed by atoms with van der Waals surface area (Å²) in [5, 5.41) is 10.6. The molecule has 0 radical (unpaired) electrons. The Labute approximate surface area is 113 Å². The van der Waals surface area contributed by atoms with Gasteiger partial charge in [-0.3, -0.25) is 0 Å². The van der Waals surface area contributed by atoms with Gasteiger partial charge in [-0.15, -0.1) is 18.1 Å². The van der Waals surface area contributed by atoms with Gasteiger partial charge in [0.25, 0.3) is 0 Å². The van der Waals surface area contributed by atoms with Crippen molar-refractivity contribution in [2.75, 3.05) is 13.2 Å². The van der Waals surface area contributed by atoms with Crippen LogP contribution in [0.1, 0.15) is 41.0 Å². The molecule has 3 nitrogen and oxygen atoms in total. The predicted molar refractivity (Wildman–Crippen MR) is 77.3 cm³/mol. The molecule has 0 spiro atoms. The van der Waals surface area contributed by atoms with Crippen molar-refractivity contribution < 1.29 is 14.3 Å². The molecule has 2 unspecified atom stereocenters. The molecule has 1 saturated heterocycles. The van der Waals surface area contributed by atoms with Gasteiger partial charge in [-0.25, -0.2) is 0 Å². The molecular formula is C14H30O3Si-. The molecule has 0 aromatic carbocycles. The zero-order valence-electron chi connectivity index (χ0n) is 13.0. The number of ether oxygens (including phenoxy) is 1. The van der Waals surface area contributed by atoms with Crippen LogP contribution in [0.4, 0.5) is 0 Å². The van der Waals surface area contributed by atoms with Crippen molar-refractivity contribution in [3.63, 3.8) is 0 Å². The van der Waals surface area contributed by atoms with Crippen LogP contribution in [0.5, 0.6) is 0 Å². The zero-order valence-corrected chi connectivity index (χ0v) is 14.0.